The van der Waals surface area contributed by atoms with Crippen LogP contribution in [0.1, 0.15) is 0 Å². The lowest BCUT2D eigenvalue weighted by molar-refractivity contribution is 0.415. The lowest BCUT2D eigenvalue weighted by Crippen LogP contribution is -1.97. The second-order valence-electron chi connectivity index (χ2n) is 5.02. The first-order chi connectivity index (χ1) is 10.7. The maximum atomic E-state index is 5.30. The van der Waals surface area contributed by atoms with Crippen LogP contribution in [0.2, 0.25) is 0 Å². The van der Waals surface area contributed by atoms with Crippen LogP contribution in [0, 0.1) is 0 Å². The molecule has 112 valence electrons. The smallest absolute Gasteiger partial charge is 0.134 e. The second kappa shape index (κ2) is 5.93. The first kappa shape index (κ1) is 14.2. The van der Waals surface area contributed by atoms with E-state index in [4.69, 9.17) is 9.72 Å². The standard InChI is InChI=1S/C18H19N3O/c1-19-14-7-8-16-13(9-14)11-17(21-18(16)20-2)12-5-4-6-15(10-12)22-3/h4-11,19H,1-3H3,(H,20,21). The molecule has 0 atom stereocenters. The van der Waals surface area contributed by atoms with Gasteiger partial charge in [0.1, 0.15) is 11.6 Å². The zero-order valence-corrected chi connectivity index (χ0v) is 13.0. The largest absolute Gasteiger partial charge is 0.497 e. The fraction of sp³-hybridized carbons (Fsp3) is 0.167. The van der Waals surface area contributed by atoms with Gasteiger partial charge in [0.15, 0.2) is 0 Å². The number of ether oxygens (including phenoxy) is 1. The number of aromatic nitrogens is 1. The average Bonchev–Trinajstić information content (AvgIpc) is 2.60. The number of anilines is 2. The molecule has 2 N–H and O–H groups in total. The molecule has 0 aliphatic heterocycles. The Labute approximate surface area is 130 Å². The Morgan fingerprint density at radius 2 is 1.82 bits per heavy atom. The summed E-state index contributed by atoms with van der Waals surface area (Å²) in [4.78, 5) is 4.73. The predicted molar refractivity (Wildman–Crippen MR) is 92.8 cm³/mol. The molecule has 0 saturated heterocycles. The van der Waals surface area contributed by atoms with E-state index in [-0.39, 0.29) is 0 Å². The summed E-state index contributed by atoms with van der Waals surface area (Å²) in [5, 5.41) is 8.60. The molecule has 0 fully saturated rings. The van der Waals surface area contributed by atoms with Gasteiger partial charge in [-0.25, -0.2) is 4.98 Å². The molecular weight excluding hydrogens is 274 g/mol. The minimum absolute atomic E-state index is 0.828. The number of benzene rings is 2. The van der Waals surface area contributed by atoms with Crippen molar-refractivity contribution in [3.8, 4) is 17.0 Å². The highest BCUT2D eigenvalue weighted by atomic mass is 16.5. The maximum absolute atomic E-state index is 5.30. The van der Waals surface area contributed by atoms with Crippen LogP contribution < -0.4 is 15.4 Å². The molecule has 0 unspecified atom stereocenters. The minimum Gasteiger partial charge on any atom is -0.497 e. The van der Waals surface area contributed by atoms with Gasteiger partial charge < -0.3 is 15.4 Å². The van der Waals surface area contributed by atoms with Crippen molar-refractivity contribution in [3.05, 3.63) is 48.5 Å². The Kier molecular flexibility index (Phi) is 3.83. The number of hydrogen-bond acceptors (Lipinski definition) is 4. The quantitative estimate of drug-likeness (QED) is 0.763. The molecule has 0 aliphatic rings. The first-order valence-corrected chi connectivity index (χ1v) is 7.20. The Hall–Kier alpha value is -2.75. The van der Waals surface area contributed by atoms with E-state index >= 15 is 0 Å². The molecule has 4 nitrogen and oxygen atoms in total. The second-order valence-corrected chi connectivity index (χ2v) is 5.02. The van der Waals surface area contributed by atoms with Crippen molar-refractivity contribution >= 4 is 22.3 Å². The fourth-order valence-electron chi connectivity index (χ4n) is 2.53. The van der Waals surface area contributed by atoms with E-state index in [1.54, 1.807) is 7.11 Å². The number of nitrogens with one attached hydrogen (secondary N) is 2. The Morgan fingerprint density at radius 1 is 0.955 bits per heavy atom. The Balaban J connectivity index is 2.20. The molecule has 0 spiro atoms. The van der Waals surface area contributed by atoms with Gasteiger partial charge in [-0.2, -0.15) is 0 Å². The molecule has 0 aliphatic carbocycles. The predicted octanol–water partition coefficient (Wildman–Crippen LogP) is 3.99. The number of hydrogen-bond donors (Lipinski definition) is 2. The molecule has 0 radical (unpaired) electrons. The van der Waals surface area contributed by atoms with Gasteiger partial charge in [0.25, 0.3) is 0 Å². The van der Waals surface area contributed by atoms with Crippen LogP contribution in [0.5, 0.6) is 5.75 Å². The topological polar surface area (TPSA) is 46.2 Å². The van der Waals surface area contributed by atoms with Crippen LogP contribution in [0.3, 0.4) is 0 Å². The molecule has 1 heterocycles. The van der Waals surface area contributed by atoms with Crippen molar-refractivity contribution in [2.24, 2.45) is 0 Å². The van der Waals surface area contributed by atoms with Gasteiger partial charge in [-0.3, -0.25) is 0 Å². The van der Waals surface area contributed by atoms with E-state index in [9.17, 15) is 0 Å². The lowest BCUT2D eigenvalue weighted by atomic mass is 10.1. The van der Waals surface area contributed by atoms with Gasteiger partial charge in [0, 0.05) is 30.7 Å². The number of pyridine rings is 1. The third-order valence-corrected chi connectivity index (χ3v) is 3.72. The van der Waals surface area contributed by atoms with Crippen molar-refractivity contribution in [3.63, 3.8) is 0 Å². The molecule has 0 saturated carbocycles. The molecule has 0 amide bonds. The van der Waals surface area contributed by atoms with Gasteiger partial charge in [-0.15, -0.1) is 0 Å². The maximum Gasteiger partial charge on any atom is 0.134 e. The van der Waals surface area contributed by atoms with Crippen molar-refractivity contribution in [2.45, 2.75) is 0 Å². The number of methoxy groups -OCH3 is 1. The summed E-state index contributed by atoms with van der Waals surface area (Å²) < 4.78 is 5.30. The minimum atomic E-state index is 0.828. The normalized spacial score (nSPS) is 10.5. The third kappa shape index (κ3) is 2.55. The van der Waals surface area contributed by atoms with Crippen LogP contribution in [0.25, 0.3) is 22.0 Å². The molecular formula is C18H19N3O. The highest BCUT2D eigenvalue weighted by molar-refractivity contribution is 5.96. The lowest BCUT2D eigenvalue weighted by Gasteiger charge is -2.11. The van der Waals surface area contributed by atoms with Crippen LogP contribution >= 0.6 is 0 Å². The SMILES string of the molecule is CNc1ccc2c(NC)nc(-c3cccc(OC)c3)cc2c1. The van der Waals surface area contributed by atoms with Crippen molar-refractivity contribution in [2.75, 3.05) is 31.8 Å². The number of nitrogens with zero attached hydrogens (tertiary/aromatic N) is 1. The summed E-state index contributed by atoms with van der Waals surface area (Å²) in [5.41, 5.74) is 3.04. The summed E-state index contributed by atoms with van der Waals surface area (Å²) in [6, 6.07) is 16.3. The molecule has 3 aromatic rings. The molecule has 3 rings (SSSR count). The third-order valence-electron chi connectivity index (χ3n) is 3.72. The molecule has 1 aromatic heterocycles. The molecule has 4 heteroatoms. The van der Waals surface area contributed by atoms with Gasteiger partial charge in [-0.05, 0) is 41.8 Å². The van der Waals surface area contributed by atoms with E-state index < -0.39 is 0 Å². The van der Waals surface area contributed by atoms with E-state index in [0.717, 1.165) is 39.3 Å². The highest BCUT2D eigenvalue weighted by Crippen LogP contribution is 2.30. The number of fused-ring (bicyclic) bond motifs is 1. The highest BCUT2D eigenvalue weighted by Gasteiger charge is 2.08. The summed E-state index contributed by atoms with van der Waals surface area (Å²) in [6.07, 6.45) is 0. The van der Waals surface area contributed by atoms with Gasteiger partial charge in [0.2, 0.25) is 0 Å². The first-order valence-electron chi connectivity index (χ1n) is 7.20. The molecule has 22 heavy (non-hydrogen) atoms. The van der Waals surface area contributed by atoms with Gasteiger partial charge in [-0.1, -0.05) is 12.1 Å². The summed E-state index contributed by atoms with van der Waals surface area (Å²) in [5.74, 6) is 1.70. The van der Waals surface area contributed by atoms with E-state index in [0.29, 0.717) is 0 Å². The summed E-state index contributed by atoms with van der Waals surface area (Å²) >= 11 is 0. The van der Waals surface area contributed by atoms with Crippen molar-refractivity contribution < 1.29 is 4.74 Å². The van der Waals surface area contributed by atoms with E-state index in [2.05, 4.69) is 34.9 Å². The van der Waals surface area contributed by atoms with Crippen molar-refractivity contribution in [1.29, 1.82) is 0 Å². The van der Waals surface area contributed by atoms with Gasteiger partial charge in [0.05, 0.1) is 12.8 Å². The average molecular weight is 293 g/mol. The molecule has 2 aromatic carbocycles. The zero-order chi connectivity index (χ0) is 15.5. The Bertz CT molecular complexity index is 815. The van der Waals surface area contributed by atoms with E-state index in [1.807, 2.05) is 38.4 Å². The van der Waals surface area contributed by atoms with Crippen LogP contribution in [-0.4, -0.2) is 26.2 Å². The number of rotatable bonds is 4. The van der Waals surface area contributed by atoms with Crippen LogP contribution in [-0.2, 0) is 0 Å². The van der Waals surface area contributed by atoms with Crippen LogP contribution in [0.15, 0.2) is 48.5 Å². The summed E-state index contributed by atoms with van der Waals surface area (Å²) in [7, 11) is 5.48. The van der Waals surface area contributed by atoms with Crippen LogP contribution in [0.4, 0.5) is 11.5 Å². The Morgan fingerprint density at radius 3 is 2.55 bits per heavy atom. The van der Waals surface area contributed by atoms with E-state index in [1.165, 1.54) is 0 Å². The van der Waals surface area contributed by atoms with Crippen molar-refractivity contribution in [1.82, 2.24) is 4.98 Å². The summed E-state index contributed by atoms with van der Waals surface area (Å²) in [6.45, 7) is 0. The van der Waals surface area contributed by atoms with Gasteiger partial charge >= 0.3 is 0 Å². The molecule has 0 bridgehead atoms. The fourth-order valence-corrected chi connectivity index (χ4v) is 2.53. The monoisotopic (exact) mass is 293 g/mol. The zero-order valence-electron chi connectivity index (χ0n) is 13.0.